The molecular weight excluding hydrogens is 356 g/mol. The summed E-state index contributed by atoms with van der Waals surface area (Å²) in [5.41, 5.74) is -0.931. The predicted molar refractivity (Wildman–Crippen MR) is 83.5 cm³/mol. The molecule has 0 radical (unpaired) electrons. The van der Waals surface area contributed by atoms with E-state index in [0.29, 0.717) is 6.42 Å². The fraction of sp³-hybridized carbons (Fsp3) is 0.200. The summed E-state index contributed by atoms with van der Waals surface area (Å²) in [7, 11) is 0. The number of rotatable bonds is 3. The highest BCUT2D eigenvalue weighted by Crippen LogP contribution is 2.39. The van der Waals surface area contributed by atoms with E-state index in [1.54, 1.807) is 0 Å². The van der Waals surface area contributed by atoms with Crippen LogP contribution in [0.5, 0.6) is 17.2 Å². The molecule has 0 aromatic heterocycles. The number of carbonyl (C=O) groups excluding carboxylic acids is 1. The van der Waals surface area contributed by atoms with Gasteiger partial charge in [-0.15, -0.1) is 0 Å². The van der Waals surface area contributed by atoms with Gasteiger partial charge in [0.25, 0.3) is 0 Å². The molecule has 0 unspecified atom stereocenters. The van der Waals surface area contributed by atoms with Gasteiger partial charge in [-0.3, -0.25) is 4.79 Å². The third-order valence-corrected chi connectivity index (χ3v) is 3.60. The fourth-order valence-electron chi connectivity index (χ4n) is 1.94. The van der Waals surface area contributed by atoms with Crippen molar-refractivity contribution in [3.8, 4) is 17.2 Å². The Balaban J connectivity index is 2.80. The van der Waals surface area contributed by atoms with Gasteiger partial charge in [0.15, 0.2) is 17.2 Å². The van der Waals surface area contributed by atoms with Gasteiger partial charge in [-0.1, -0.05) is 6.92 Å². The summed E-state index contributed by atoms with van der Waals surface area (Å²) in [4.78, 5) is 24.0. The van der Waals surface area contributed by atoms with Crippen molar-refractivity contribution in [1.29, 1.82) is 0 Å². The number of fused-ring (bicyclic) bond motifs is 1. The Hall–Kier alpha value is -2.28. The molecule has 0 aliphatic rings. The van der Waals surface area contributed by atoms with E-state index in [-0.39, 0.29) is 27.4 Å². The fourth-order valence-corrected chi connectivity index (χ4v) is 2.38. The molecule has 0 fully saturated rings. The molecule has 6 nitrogen and oxygen atoms in total. The quantitative estimate of drug-likeness (QED) is 0.568. The van der Waals surface area contributed by atoms with Crippen molar-refractivity contribution in [3.05, 3.63) is 38.5 Å². The van der Waals surface area contributed by atoms with Gasteiger partial charge in [0.1, 0.15) is 0 Å². The number of carbonyl (C=O) groups is 1. The van der Waals surface area contributed by atoms with E-state index in [9.17, 15) is 24.9 Å². The molecule has 7 heteroatoms. The van der Waals surface area contributed by atoms with Crippen LogP contribution in [0.25, 0.3) is 10.8 Å². The average molecular weight is 369 g/mol. The molecule has 0 heterocycles. The van der Waals surface area contributed by atoms with Crippen LogP contribution in [0, 0.1) is 0 Å². The van der Waals surface area contributed by atoms with E-state index in [0.717, 1.165) is 6.07 Å². The maximum Gasteiger partial charge on any atom is 0.338 e. The zero-order chi connectivity index (χ0) is 16.4. The van der Waals surface area contributed by atoms with Crippen molar-refractivity contribution in [2.24, 2.45) is 0 Å². The summed E-state index contributed by atoms with van der Waals surface area (Å²) in [5, 5.41) is 29.3. The second-order valence-corrected chi connectivity index (χ2v) is 5.47. The largest absolute Gasteiger partial charge is 0.504 e. The van der Waals surface area contributed by atoms with Crippen molar-refractivity contribution in [2.45, 2.75) is 13.3 Å². The molecule has 0 bridgehead atoms. The number of halogens is 1. The average Bonchev–Trinajstić information content (AvgIpc) is 2.60. The Morgan fingerprint density at radius 2 is 1.86 bits per heavy atom. The number of phenols is 2. The van der Waals surface area contributed by atoms with Gasteiger partial charge in [0, 0.05) is 0 Å². The van der Waals surface area contributed by atoms with Crippen LogP contribution in [-0.4, -0.2) is 27.9 Å². The minimum Gasteiger partial charge on any atom is -0.504 e. The Morgan fingerprint density at radius 1 is 1.18 bits per heavy atom. The lowest BCUT2D eigenvalue weighted by Gasteiger charge is -2.03. The number of phenolic OH excluding ortho intramolecular Hbond substituents is 2. The number of esters is 1. The molecule has 0 saturated carbocycles. The van der Waals surface area contributed by atoms with Gasteiger partial charge < -0.3 is 20.1 Å². The van der Waals surface area contributed by atoms with Gasteiger partial charge in [-0.2, -0.15) is 0 Å². The van der Waals surface area contributed by atoms with Crippen LogP contribution in [0.3, 0.4) is 0 Å². The highest BCUT2D eigenvalue weighted by molar-refractivity contribution is 9.10. The summed E-state index contributed by atoms with van der Waals surface area (Å²) in [6, 6.07) is 3.64. The SMILES string of the molecule is CCCOC(=O)c1cc(O)c(=O)c2c(O)c(O)c(Br)cc2c1. The van der Waals surface area contributed by atoms with Crippen LogP contribution in [0.2, 0.25) is 0 Å². The predicted octanol–water partition coefficient (Wildman–Crippen LogP) is 2.65. The van der Waals surface area contributed by atoms with Gasteiger partial charge in [0.05, 0.1) is 22.0 Å². The highest BCUT2D eigenvalue weighted by atomic mass is 79.9. The molecule has 0 amide bonds. The van der Waals surface area contributed by atoms with E-state index in [1.165, 1.54) is 12.1 Å². The van der Waals surface area contributed by atoms with E-state index in [2.05, 4.69) is 15.9 Å². The Kier molecular flexibility index (Phi) is 4.56. The standard InChI is InChI=1S/C15H13BrO6/c1-2-3-22-15(21)8-4-7-5-9(16)12(18)14(20)11(7)13(19)10(17)6-8/h4-6,18,20H,2-3H2,1H3,(H,17,19). The Labute approximate surface area is 133 Å². The maximum absolute atomic E-state index is 12.1. The van der Waals surface area contributed by atoms with E-state index in [1.807, 2.05) is 6.92 Å². The molecule has 2 aromatic rings. The number of aromatic hydroxyl groups is 3. The summed E-state index contributed by atoms with van der Waals surface area (Å²) in [5.74, 6) is -2.62. The van der Waals surface area contributed by atoms with Gasteiger partial charge in [0.2, 0.25) is 5.43 Å². The molecule has 2 rings (SSSR count). The van der Waals surface area contributed by atoms with Gasteiger partial charge in [-0.05, 0) is 45.9 Å². The lowest BCUT2D eigenvalue weighted by atomic mass is 10.1. The van der Waals surface area contributed by atoms with Crippen LogP contribution in [0.1, 0.15) is 23.7 Å². The second kappa shape index (κ2) is 6.23. The zero-order valence-electron chi connectivity index (χ0n) is 11.6. The first kappa shape index (κ1) is 16.1. The van der Waals surface area contributed by atoms with Crippen molar-refractivity contribution in [3.63, 3.8) is 0 Å². The summed E-state index contributed by atoms with van der Waals surface area (Å²) in [6.45, 7) is 2.04. The summed E-state index contributed by atoms with van der Waals surface area (Å²) < 4.78 is 5.12. The van der Waals surface area contributed by atoms with E-state index < -0.39 is 28.6 Å². The topological polar surface area (TPSA) is 104 Å². The smallest absolute Gasteiger partial charge is 0.338 e. The normalized spacial score (nSPS) is 10.6. The molecule has 2 aromatic carbocycles. The van der Waals surface area contributed by atoms with Crippen LogP contribution in [0.15, 0.2) is 27.5 Å². The molecule has 0 saturated heterocycles. The Morgan fingerprint density at radius 3 is 2.50 bits per heavy atom. The lowest BCUT2D eigenvalue weighted by Crippen LogP contribution is -2.05. The van der Waals surface area contributed by atoms with Crippen molar-refractivity contribution in [2.75, 3.05) is 6.61 Å². The first-order valence-electron chi connectivity index (χ1n) is 6.45. The van der Waals surface area contributed by atoms with E-state index in [4.69, 9.17) is 4.74 Å². The van der Waals surface area contributed by atoms with Crippen LogP contribution < -0.4 is 5.43 Å². The summed E-state index contributed by atoms with van der Waals surface area (Å²) in [6.07, 6.45) is 0.629. The third-order valence-electron chi connectivity index (χ3n) is 2.99. The molecule has 0 aliphatic heterocycles. The second-order valence-electron chi connectivity index (χ2n) is 4.61. The molecule has 22 heavy (non-hydrogen) atoms. The van der Waals surface area contributed by atoms with Crippen molar-refractivity contribution >= 4 is 32.7 Å². The molecule has 3 N–H and O–H groups in total. The van der Waals surface area contributed by atoms with Crippen molar-refractivity contribution < 1.29 is 24.9 Å². The molecule has 0 spiro atoms. The first-order chi connectivity index (χ1) is 10.4. The monoisotopic (exact) mass is 368 g/mol. The van der Waals surface area contributed by atoms with E-state index >= 15 is 0 Å². The summed E-state index contributed by atoms with van der Waals surface area (Å²) >= 11 is 3.04. The number of benzene rings is 1. The number of hydrogen-bond donors (Lipinski definition) is 3. The van der Waals surface area contributed by atoms with Gasteiger partial charge in [-0.25, -0.2) is 4.79 Å². The molecule has 0 aliphatic carbocycles. The lowest BCUT2D eigenvalue weighted by molar-refractivity contribution is 0.0505. The van der Waals surface area contributed by atoms with Crippen LogP contribution in [0.4, 0.5) is 0 Å². The highest BCUT2D eigenvalue weighted by Gasteiger charge is 2.17. The number of hydrogen-bond acceptors (Lipinski definition) is 6. The molecule has 0 atom stereocenters. The first-order valence-corrected chi connectivity index (χ1v) is 7.24. The zero-order valence-corrected chi connectivity index (χ0v) is 13.2. The Bertz CT molecular complexity index is 815. The molecule has 116 valence electrons. The molecular formula is C15H13BrO6. The van der Waals surface area contributed by atoms with Crippen LogP contribution >= 0.6 is 15.9 Å². The minimum atomic E-state index is -0.898. The maximum atomic E-state index is 12.1. The minimum absolute atomic E-state index is 0.0324. The number of ether oxygens (including phenoxy) is 1. The van der Waals surface area contributed by atoms with Gasteiger partial charge >= 0.3 is 5.97 Å². The van der Waals surface area contributed by atoms with Crippen LogP contribution in [-0.2, 0) is 4.74 Å². The third kappa shape index (κ3) is 2.85. The van der Waals surface area contributed by atoms with Crippen molar-refractivity contribution in [1.82, 2.24) is 0 Å².